The Labute approximate surface area is 112 Å². The van der Waals surface area contributed by atoms with Crippen molar-refractivity contribution in [2.45, 2.75) is 39.3 Å². The largest absolute Gasteiger partial charge is 0.382 e. The minimum atomic E-state index is 0.635. The van der Waals surface area contributed by atoms with E-state index in [-0.39, 0.29) is 0 Å². The molecule has 0 aromatic heterocycles. The zero-order chi connectivity index (χ0) is 13.4. The van der Waals surface area contributed by atoms with Crippen LogP contribution in [-0.2, 0) is 9.47 Å². The van der Waals surface area contributed by atoms with Crippen LogP contribution in [0, 0.1) is 5.92 Å². The Hall–Kier alpha value is -0.160. The number of rotatable bonds is 8. The number of nitrogens with one attached hydrogen (secondary N) is 1. The second kappa shape index (κ2) is 8.86. The maximum atomic E-state index is 5.51. The first-order chi connectivity index (χ1) is 8.65. The Kier molecular flexibility index (Phi) is 7.82. The third-order valence-corrected chi connectivity index (χ3v) is 3.70. The lowest BCUT2D eigenvalue weighted by molar-refractivity contribution is 0.0574. The van der Waals surface area contributed by atoms with Crippen LogP contribution in [0.2, 0.25) is 0 Å². The van der Waals surface area contributed by atoms with Crippen molar-refractivity contribution in [2.24, 2.45) is 5.92 Å². The molecule has 2 unspecified atom stereocenters. The molecule has 0 aromatic rings. The molecule has 18 heavy (non-hydrogen) atoms. The van der Waals surface area contributed by atoms with E-state index in [1.54, 1.807) is 7.11 Å². The first kappa shape index (κ1) is 15.9. The van der Waals surface area contributed by atoms with Crippen LogP contribution in [0.1, 0.15) is 27.2 Å². The van der Waals surface area contributed by atoms with Crippen molar-refractivity contribution in [3.63, 3.8) is 0 Å². The second-order valence-electron chi connectivity index (χ2n) is 5.56. The van der Waals surface area contributed by atoms with Crippen molar-refractivity contribution in [1.82, 2.24) is 10.2 Å². The van der Waals surface area contributed by atoms with E-state index in [0.29, 0.717) is 31.2 Å². The standard InChI is InChI=1S/C14H30N2O2/c1-12(2)14-11-16(13(3)10-15-14)6-5-7-18-9-8-17-4/h12-15H,5-11H2,1-4H3. The topological polar surface area (TPSA) is 33.7 Å². The number of methoxy groups -OCH3 is 1. The molecule has 4 nitrogen and oxygen atoms in total. The number of piperazine rings is 1. The van der Waals surface area contributed by atoms with Crippen molar-refractivity contribution >= 4 is 0 Å². The third kappa shape index (κ3) is 5.65. The van der Waals surface area contributed by atoms with Crippen LogP contribution >= 0.6 is 0 Å². The van der Waals surface area contributed by atoms with E-state index in [0.717, 1.165) is 32.7 Å². The van der Waals surface area contributed by atoms with Crippen molar-refractivity contribution in [3.05, 3.63) is 0 Å². The van der Waals surface area contributed by atoms with Crippen molar-refractivity contribution < 1.29 is 9.47 Å². The predicted molar refractivity (Wildman–Crippen MR) is 75.0 cm³/mol. The fraction of sp³-hybridized carbons (Fsp3) is 1.00. The van der Waals surface area contributed by atoms with Crippen LogP contribution in [-0.4, -0.2) is 63.5 Å². The summed E-state index contributed by atoms with van der Waals surface area (Å²) in [5.74, 6) is 0.706. The van der Waals surface area contributed by atoms with E-state index in [2.05, 4.69) is 31.0 Å². The molecule has 0 aromatic carbocycles. The lowest BCUT2D eigenvalue weighted by Gasteiger charge is -2.40. The fourth-order valence-electron chi connectivity index (χ4n) is 2.32. The van der Waals surface area contributed by atoms with E-state index in [4.69, 9.17) is 9.47 Å². The van der Waals surface area contributed by atoms with Gasteiger partial charge in [-0.25, -0.2) is 0 Å². The van der Waals surface area contributed by atoms with Crippen LogP contribution in [0.3, 0.4) is 0 Å². The Morgan fingerprint density at radius 3 is 2.72 bits per heavy atom. The zero-order valence-corrected chi connectivity index (χ0v) is 12.4. The molecule has 1 N–H and O–H groups in total. The SMILES string of the molecule is COCCOCCCN1CC(C(C)C)NCC1C. The maximum absolute atomic E-state index is 5.51. The highest BCUT2D eigenvalue weighted by molar-refractivity contribution is 4.85. The van der Waals surface area contributed by atoms with Crippen molar-refractivity contribution in [1.29, 1.82) is 0 Å². The van der Waals surface area contributed by atoms with Gasteiger partial charge in [0.05, 0.1) is 13.2 Å². The van der Waals surface area contributed by atoms with Gasteiger partial charge in [-0.3, -0.25) is 4.90 Å². The second-order valence-corrected chi connectivity index (χ2v) is 5.56. The molecule has 0 saturated carbocycles. The maximum Gasteiger partial charge on any atom is 0.0700 e. The van der Waals surface area contributed by atoms with Gasteiger partial charge in [-0.05, 0) is 19.3 Å². The third-order valence-electron chi connectivity index (χ3n) is 3.70. The summed E-state index contributed by atoms with van der Waals surface area (Å²) in [5.41, 5.74) is 0. The van der Waals surface area contributed by atoms with E-state index >= 15 is 0 Å². The average Bonchev–Trinajstić information content (AvgIpc) is 2.35. The van der Waals surface area contributed by atoms with Gasteiger partial charge >= 0.3 is 0 Å². The first-order valence-corrected chi connectivity index (χ1v) is 7.19. The summed E-state index contributed by atoms with van der Waals surface area (Å²) in [4.78, 5) is 2.58. The molecule has 0 aliphatic carbocycles. The van der Waals surface area contributed by atoms with Gasteiger partial charge in [0.15, 0.2) is 0 Å². The summed E-state index contributed by atoms with van der Waals surface area (Å²) in [6.07, 6.45) is 1.11. The van der Waals surface area contributed by atoms with Crippen molar-refractivity contribution in [2.75, 3.05) is 46.6 Å². The molecular formula is C14H30N2O2. The van der Waals surface area contributed by atoms with Crippen LogP contribution < -0.4 is 5.32 Å². The summed E-state index contributed by atoms with van der Waals surface area (Å²) in [6, 6.07) is 1.27. The van der Waals surface area contributed by atoms with Gasteiger partial charge in [-0.15, -0.1) is 0 Å². The molecule has 1 rings (SSSR count). The lowest BCUT2D eigenvalue weighted by atomic mass is 10.00. The molecule has 1 aliphatic rings. The predicted octanol–water partition coefficient (Wildman–Crippen LogP) is 1.36. The highest BCUT2D eigenvalue weighted by Crippen LogP contribution is 2.12. The highest BCUT2D eigenvalue weighted by Gasteiger charge is 2.25. The van der Waals surface area contributed by atoms with E-state index < -0.39 is 0 Å². The van der Waals surface area contributed by atoms with Crippen LogP contribution in [0.15, 0.2) is 0 Å². The Balaban J connectivity index is 2.15. The minimum absolute atomic E-state index is 0.635. The zero-order valence-electron chi connectivity index (χ0n) is 12.4. The Morgan fingerprint density at radius 2 is 2.06 bits per heavy atom. The van der Waals surface area contributed by atoms with Gasteiger partial charge in [0.2, 0.25) is 0 Å². The van der Waals surface area contributed by atoms with Gasteiger partial charge in [0, 0.05) is 45.4 Å². The number of nitrogens with zero attached hydrogens (tertiary/aromatic N) is 1. The molecule has 1 aliphatic heterocycles. The summed E-state index contributed by atoms with van der Waals surface area (Å²) in [5, 5.41) is 3.63. The number of hydrogen-bond acceptors (Lipinski definition) is 4. The number of hydrogen-bond donors (Lipinski definition) is 1. The Morgan fingerprint density at radius 1 is 1.28 bits per heavy atom. The van der Waals surface area contributed by atoms with Gasteiger partial charge < -0.3 is 14.8 Å². The molecule has 0 bridgehead atoms. The van der Waals surface area contributed by atoms with Gasteiger partial charge in [0.1, 0.15) is 0 Å². The molecule has 108 valence electrons. The highest BCUT2D eigenvalue weighted by atomic mass is 16.5. The van der Waals surface area contributed by atoms with Gasteiger partial charge in [0.25, 0.3) is 0 Å². The molecule has 2 atom stereocenters. The van der Waals surface area contributed by atoms with Gasteiger partial charge in [-0.1, -0.05) is 13.8 Å². The molecule has 0 radical (unpaired) electrons. The Bertz CT molecular complexity index is 212. The molecule has 1 heterocycles. The average molecular weight is 258 g/mol. The van der Waals surface area contributed by atoms with E-state index in [1.165, 1.54) is 0 Å². The molecular weight excluding hydrogens is 228 g/mol. The quantitative estimate of drug-likeness (QED) is 0.667. The van der Waals surface area contributed by atoms with Crippen LogP contribution in [0.4, 0.5) is 0 Å². The fourth-order valence-corrected chi connectivity index (χ4v) is 2.32. The summed E-state index contributed by atoms with van der Waals surface area (Å²) in [6.45, 7) is 12.5. The lowest BCUT2D eigenvalue weighted by Crippen LogP contribution is -2.57. The van der Waals surface area contributed by atoms with Crippen LogP contribution in [0.25, 0.3) is 0 Å². The molecule has 0 spiro atoms. The summed E-state index contributed by atoms with van der Waals surface area (Å²) < 4.78 is 10.5. The molecule has 0 amide bonds. The van der Waals surface area contributed by atoms with Crippen LogP contribution in [0.5, 0.6) is 0 Å². The van der Waals surface area contributed by atoms with E-state index in [1.807, 2.05) is 0 Å². The molecule has 4 heteroatoms. The summed E-state index contributed by atoms with van der Waals surface area (Å²) >= 11 is 0. The van der Waals surface area contributed by atoms with Gasteiger partial charge in [-0.2, -0.15) is 0 Å². The first-order valence-electron chi connectivity index (χ1n) is 7.19. The molecule has 1 saturated heterocycles. The van der Waals surface area contributed by atoms with Crippen molar-refractivity contribution in [3.8, 4) is 0 Å². The molecule has 1 fully saturated rings. The minimum Gasteiger partial charge on any atom is -0.382 e. The smallest absolute Gasteiger partial charge is 0.0700 e. The normalized spacial score (nSPS) is 25.8. The number of ether oxygens (including phenoxy) is 2. The van der Waals surface area contributed by atoms with E-state index in [9.17, 15) is 0 Å². The summed E-state index contributed by atoms with van der Waals surface area (Å²) in [7, 11) is 1.71. The monoisotopic (exact) mass is 258 g/mol.